The molecule has 1 amide bonds. The number of methoxy groups -OCH3 is 1. The van der Waals surface area contributed by atoms with Crippen LogP contribution in [0.5, 0.6) is 5.75 Å². The highest BCUT2D eigenvalue weighted by atomic mass is 16.5. The van der Waals surface area contributed by atoms with Gasteiger partial charge in [0, 0.05) is 18.5 Å². The Hall–Kier alpha value is -1.55. The fourth-order valence-corrected chi connectivity index (χ4v) is 4.31. The first-order chi connectivity index (χ1) is 11.5. The maximum absolute atomic E-state index is 13.0. The minimum atomic E-state index is -0.172. The summed E-state index contributed by atoms with van der Waals surface area (Å²) in [6.07, 6.45) is 4.65. The van der Waals surface area contributed by atoms with E-state index in [1.165, 1.54) is 24.8 Å². The number of benzene rings is 1. The van der Waals surface area contributed by atoms with Gasteiger partial charge in [-0.25, -0.2) is 0 Å². The third-order valence-corrected chi connectivity index (χ3v) is 6.05. The van der Waals surface area contributed by atoms with Crippen LogP contribution in [0.4, 0.5) is 0 Å². The summed E-state index contributed by atoms with van der Waals surface area (Å²) in [6.45, 7) is 6.85. The fraction of sp³-hybridized carbons (Fsp3) is 0.650. The molecule has 1 aliphatic heterocycles. The molecule has 1 saturated carbocycles. The summed E-state index contributed by atoms with van der Waals surface area (Å²) in [5, 5.41) is 6.72. The van der Waals surface area contributed by atoms with E-state index in [0.717, 1.165) is 25.3 Å². The number of carbonyl (C=O) groups is 1. The Balaban J connectivity index is 1.66. The second kappa shape index (κ2) is 6.75. The minimum absolute atomic E-state index is 0.102. The highest BCUT2D eigenvalue weighted by Gasteiger charge is 2.49. The van der Waals surface area contributed by atoms with Crippen LogP contribution in [0.1, 0.15) is 45.1 Å². The molecule has 0 radical (unpaired) electrons. The first-order valence-corrected chi connectivity index (χ1v) is 9.11. The van der Waals surface area contributed by atoms with E-state index < -0.39 is 0 Å². The van der Waals surface area contributed by atoms with Gasteiger partial charge < -0.3 is 15.4 Å². The van der Waals surface area contributed by atoms with Gasteiger partial charge in [0.1, 0.15) is 5.75 Å². The lowest BCUT2D eigenvalue weighted by Gasteiger charge is -2.38. The number of hydrogen-bond acceptors (Lipinski definition) is 3. The van der Waals surface area contributed by atoms with Gasteiger partial charge in [-0.2, -0.15) is 0 Å². The van der Waals surface area contributed by atoms with Crippen LogP contribution in [0.25, 0.3) is 0 Å². The molecule has 4 heteroatoms. The van der Waals surface area contributed by atoms with Gasteiger partial charge in [-0.3, -0.25) is 4.79 Å². The molecule has 24 heavy (non-hydrogen) atoms. The molecule has 1 heterocycles. The molecule has 1 saturated heterocycles. The van der Waals surface area contributed by atoms with E-state index in [1.54, 1.807) is 7.11 Å². The normalized spacial score (nSPS) is 26.7. The SMILES string of the molecule is COc1ccc(C(C)(C)CNC(=O)[C@@]23CCCC[C@H]2CNC3)cc1. The zero-order valence-corrected chi connectivity index (χ0v) is 15.2. The van der Waals surface area contributed by atoms with Crippen molar-refractivity contribution in [2.75, 3.05) is 26.7 Å². The van der Waals surface area contributed by atoms with Crippen LogP contribution in [0.3, 0.4) is 0 Å². The molecular weight excluding hydrogens is 300 g/mol. The Bertz CT molecular complexity index is 582. The molecule has 0 spiro atoms. The van der Waals surface area contributed by atoms with E-state index >= 15 is 0 Å². The Labute approximate surface area is 145 Å². The fourth-order valence-electron chi connectivity index (χ4n) is 4.31. The summed E-state index contributed by atoms with van der Waals surface area (Å²) in [5.74, 6) is 1.62. The van der Waals surface area contributed by atoms with Gasteiger partial charge in [0.2, 0.25) is 5.91 Å². The van der Waals surface area contributed by atoms with E-state index in [1.807, 2.05) is 12.1 Å². The van der Waals surface area contributed by atoms with Crippen LogP contribution in [-0.4, -0.2) is 32.7 Å². The number of fused-ring (bicyclic) bond motifs is 1. The molecule has 2 aliphatic rings. The highest BCUT2D eigenvalue weighted by Crippen LogP contribution is 2.44. The molecular formula is C20H30N2O2. The van der Waals surface area contributed by atoms with Gasteiger partial charge in [-0.1, -0.05) is 38.8 Å². The molecule has 2 atom stereocenters. The molecule has 1 aliphatic carbocycles. The lowest BCUT2D eigenvalue weighted by atomic mass is 9.67. The molecule has 1 aromatic carbocycles. The summed E-state index contributed by atoms with van der Waals surface area (Å²) in [7, 11) is 1.68. The molecule has 4 nitrogen and oxygen atoms in total. The van der Waals surface area contributed by atoms with Crippen LogP contribution in [-0.2, 0) is 10.2 Å². The van der Waals surface area contributed by atoms with E-state index in [-0.39, 0.29) is 16.7 Å². The van der Waals surface area contributed by atoms with Gasteiger partial charge in [0.15, 0.2) is 0 Å². The number of ether oxygens (including phenoxy) is 1. The maximum atomic E-state index is 13.0. The van der Waals surface area contributed by atoms with E-state index in [2.05, 4.69) is 36.6 Å². The Kier molecular flexibility index (Phi) is 4.86. The van der Waals surface area contributed by atoms with Crippen molar-refractivity contribution < 1.29 is 9.53 Å². The Morgan fingerprint density at radius 3 is 2.79 bits per heavy atom. The van der Waals surface area contributed by atoms with Crippen molar-refractivity contribution in [2.24, 2.45) is 11.3 Å². The predicted octanol–water partition coefficient (Wildman–Crippen LogP) is 2.87. The minimum Gasteiger partial charge on any atom is -0.497 e. The monoisotopic (exact) mass is 330 g/mol. The number of nitrogens with one attached hydrogen (secondary N) is 2. The van der Waals surface area contributed by atoms with E-state index in [4.69, 9.17) is 4.74 Å². The first kappa shape index (κ1) is 17.3. The Morgan fingerprint density at radius 2 is 2.08 bits per heavy atom. The predicted molar refractivity (Wildman–Crippen MR) is 96.3 cm³/mol. The van der Waals surface area contributed by atoms with Crippen molar-refractivity contribution >= 4 is 5.91 Å². The van der Waals surface area contributed by atoms with Crippen LogP contribution >= 0.6 is 0 Å². The lowest BCUT2D eigenvalue weighted by Crippen LogP contribution is -2.50. The summed E-state index contributed by atoms with van der Waals surface area (Å²) in [6, 6.07) is 8.14. The first-order valence-electron chi connectivity index (χ1n) is 9.11. The zero-order valence-electron chi connectivity index (χ0n) is 15.2. The number of rotatable bonds is 5. The van der Waals surface area contributed by atoms with Crippen LogP contribution < -0.4 is 15.4 Å². The van der Waals surface area contributed by atoms with Crippen molar-refractivity contribution in [2.45, 2.75) is 44.9 Å². The average Bonchev–Trinajstić information content (AvgIpc) is 3.05. The van der Waals surface area contributed by atoms with Crippen molar-refractivity contribution in [3.05, 3.63) is 29.8 Å². The molecule has 2 N–H and O–H groups in total. The molecule has 0 unspecified atom stereocenters. The third-order valence-electron chi connectivity index (χ3n) is 6.05. The van der Waals surface area contributed by atoms with Crippen molar-refractivity contribution in [1.82, 2.24) is 10.6 Å². The van der Waals surface area contributed by atoms with Gasteiger partial charge in [-0.05, 0) is 43.0 Å². The van der Waals surface area contributed by atoms with Crippen LogP contribution in [0.15, 0.2) is 24.3 Å². The molecule has 2 fully saturated rings. The van der Waals surface area contributed by atoms with Gasteiger partial charge in [0.05, 0.1) is 12.5 Å². The van der Waals surface area contributed by atoms with Gasteiger partial charge in [-0.15, -0.1) is 0 Å². The summed E-state index contributed by atoms with van der Waals surface area (Å²) >= 11 is 0. The zero-order chi connectivity index (χ0) is 17.2. The van der Waals surface area contributed by atoms with E-state index in [0.29, 0.717) is 12.5 Å². The summed E-state index contributed by atoms with van der Waals surface area (Å²) in [4.78, 5) is 13.0. The quantitative estimate of drug-likeness (QED) is 0.873. The van der Waals surface area contributed by atoms with Gasteiger partial charge >= 0.3 is 0 Å². The molecule has 0 aromatic heterocycles. The smallest absolute Gasteiger partial charge is 0.227 e. The average molecular weight is 330 g/mol. The standard InChI is InChI=1S/C20H30N2O2/c1-19(2,15-7-9-17(24-3)10-8-15)13-22-18(23)20-11-5-4-6-16(20)12-21-14-20/h7-10,16,21H,4-6,11-14H2,1-3H3,(H,22,23)/t16-,20+/m0/s1. The van der Waals surface area contributed by atoms with Crippen molar-refractivity contribution in [1.29, 1.82) is 0 Å². The van der Waals surface area contributed by atoms with Gasteiger partial charge in [0.25, 0.3) is 0 Å². The highest BCUT2D eigenvalue weighted by molar-refractivity contribution is 5.84. The number of amides is 1. The molecule has 1 aromatic rings. The molecule has 0 bridgehead atoms. The Morgan fingerprint density at radius 1 is 1.33 bits per heavy atom. The van der Waals surface area contributed by atoms with Crippen LogP contribution in [0.2, 0.25) is 0 Å². The van der Waals surface area contributed by atoms with Crippen molar-refractivity contribution in [3.63, 3.8) is 0 Å². The largest absolute Gasteiger partial charge is 0.497 e. The number of carbonyl (C=O) groups excluding carboxylic acids is 1. The topological polar surface area (TPSA) is 50.4 Å². The molecule has 132 valence electrons. The van der Waals surface area contributed by atoms with E-state index in [9.17, 15) is 4.79 Å². The van der Waals surface area contributed by atoms with Crippen molar-refractivity contribution in [3.8, 4) is 5.75 Å². The summed E-state index contributed by atoms with van der Waals surface area (Å²) in [5.41, 5.74) is 0.939. The maximum Gasteiger partial charge on any atom is 0.227 e. The molecule has 3 rings (SSSR count). The third kappa shape index (κ3) is 3.16. The second-order valence-corrected chi connectivity index (χ2v) is 8.02. The second-order valence-electron chi connectivity index (χ2n) is 8.02. The van der Waals surface area contributed by atoms with Crippen LogP contribution in [0, 0.1) is 11.3 Å². The summed E-state index contributed by atoms with van der Waals surface area (Å²) < 4.78 is 5.23. The number of hydrogen-bond donors (Lipinski definition) is 2. The lowest BCUT2D eigenvalue weighted by molar-refractivity contribution is -0.134.